The number of aromatic nitrogens is 1. The van der Waals surface area contributed by atoms with E-state index in [1.165, 1.54) is 5.69 Å². The van der Waals surface area contributed by atoms with Crippen LogP contribution in [-0.4, -0.2) is 0 Å². The lowest BCUT2D eigenvalue weighted by molar-refractivity contribution is -0.595. The molecule has 0 spiro atoms. The molecule has 0 saturated heterocycles. The third kappa shape index (κ3) is 2.13. The number of benzene rings is 1. The predicted molar refractivity (Wildman–Crippen MR) is 53.0 cm³/mol. The number of pyridine rings is 1. The summed E-state index contributed by atoms with van der Waals surface area (Å²) in [5, 5.41) is 0. The highest BCUT2D eigenvalue weighted by atomic mass is 14.9. The molecule has 1 aromatic heterocycles. The minimum absolute atomic E-state index is 0. The van der Waals surface area contributed by atoms with Crippen LogP contribution in [0.15, 0.2) is 60.9 Å². The maximum atomic E-state index is 2.08. The van der Waals surface area contributed by atoms with Gasteiger partial charge in [0.15, 0.2) is 12.4 Å². The van der Waals surface area contributed by atoms with Crippen molar-refractivity contribution < 1.29 is 4.57 Å². The van der Waals surface area contributed by atoms with E-state index in [0.29, 0.717) is 0 Å². The zero-order valence-corrected chi connectivity index (χ0v) is 7.43. The first-order valence-corrected chi connectivity index (χ1v) is 3.98. The molecule has 3 N–H and O–H groups in total. The van der Waals surface area contributed by atoms with E-state index in [2.05, 4.69) is 16.7 Å². The highest BCUT2D eigenvalue weighted by molar-refractivity contribution is 5.21. The minimum atomic E-state index is 0. The molecule has 13 heavy (non-hydrogen) atoms. The van der Waals surface area contributed by atoms with Gasteiger partial charge in [0, 0.05) is 24.3 Å². The Morgan fingerprint density at radius 1 is 0.692 bits per heavy atom. The van der Waals surface area contributed by atoms with Gasteiger partial charge in [0.05, 0.1) is 0 Å². The van der Waals surface area contributed by atoms with Gasteiger partial charge in [-0.1, -0.05) is 24.3 Å². The molecule has 2 nitrogen and oxygen atoms in total. The lowest BCUT2D eigenvalue weighted by Crippen LogP contribution is -2.28. The topological polar surface area (TPSA) is 38.9 Å². The Morgan fingerprint density at radius 3 is 1.85 bits per heavy atom. The summed E-state index contributed by atoms with van der Waals surface area (Å²) >= 11 is 0. The van der Waals surface area contributed by atoms with Crippen LogP contribution < -0.4 is 10.7 Å². The molecular formula is C11H13N2+. The van der Waals surface area contributed by atoms with Crippen molar-refractivity contribution in [2.24, 2.45) is 0 Å². The van der Waals surface area contributed by atoms with Crippen LogP contribution >= 0.6 is 0 Å². The van der Waals surface area contributed by atoms with Gasteiger partial charge in [0.1, 0.15) is 0 Å². The highest BCUT2D eigenvalue weighted by Crippen LogP contribution is 1.96. The molecule has 0 atom stereocenters. The van der Waals surface area contributed by atoms with Crippen molar-refractivity contribution in [3.8, 4) is 5.69 Å². The number of para-hydroxylation sites is 1. The monoisotopic (exact) mass is 173 g/mol. The van der Waals surface area contributed by atoms with Gasteiger partial charge in [0.2, 0.25) is 5.69 Å². The van der Waals surface area contributed by atoms with Crippen LogP contribution in [0.1, 0.15) is 0 Å². The lowest BCUT2D eigenvalue weighted by atomic mass is 10.3. The molecule has 0 amide bonds. The summed E-state index contributed by atoms with van der Waals surface area (Å²) in [6, 6.07) is 16.3. The molecule has 0 aliphatic rings. The fraction of sp³-hybridized carbons (Fsp3) is 0. The standard InChI is InChI=1S/C11H10N.H3N/c1-3-7-11(8-4-1)12-9-5-2-6-10-12;/h1-10H;1H3/q+1;. The van der Waals surface area contributed by atoms with Gasteiger partial charge in [-0.05, 0) is 0 Å². The Hall–Kier alpha value is -1.67. The molecule has 0 unspecified atom stereocenters. The summed E-state index contributed by atoms with van der Waals surface area (Å²) in [6.07, 6.45) is 4.07. The molecule has 66 valence electrons. The average molecular weight is 173 g/mol. The summed E-state index contributed by atoms with van der Waals surface area (Å²) in [6.45, 7) is 0. The molecule has 0 aliphatic carbocycles. The van der Waals surface area contributed by atoms with Gasteiger partial charge in [-0.2, -0.15) is 4.57 Å². The van der Waals surface area contributed by atoms with Crippen molar-refractivity contribution in [1.82, 2.24) is 6.15 Å². The van der Waals surface area contributed by atoms with Crippen LogP contribution in [0.5, 0.6) is 0 Å². The summed E-state index contributed by atoms with van der Waals surface area (Å²) in [4.78, 5) is 0. The number of hydrogen-bond donors (Lipinski definition) is 1. The van der Waals surface area contributed by atoms with E-state index in [1.807, 2.05) is 48.8 Å². The third-order valence-corrected chi connectivity index (χ3v) is 1.77. The van der Waals surface area contributed by atoms with Gasteiger partial charge >= 0.3 is 0 Å². The first kappa shape index (κ1) is 9.42. The summed E-state index contributed by atoms with van der Waals surface area (Å²) < 4.78 is 2.08. The minimum Gasteiger partial charge on any atom is -0.344 e. The van der Waals surface area contributed by atoms with Crippen molar-refractivity contribution in [3.05, 3.63) is 60.9 Å². The van der Waals surface area contributed by atoms with E-state index in [4.69, 9.17) is 0 Å². The number of rotatable bonds is 1. The van der Waals surface area contributed by atoms with Gasteiger partial charge in [-0.3, -0.25) is 0 Å². The zero-order chi connectivity index (χ0) is 8.23. The smallest absolute Gasteiger partial charge is 0.210 e. The Kier molecular flexibility index (Phi) is 3.17. The van der Waals surface area contributed by atoms with Crippen LogP contribution in [0.3, 0.4) is 0 Å². The molecule has 1 heterocycles. The van der Waals surface area contributed by atoms with E-state index >= 15 is 0 Å². The van der Waals surface area contributed by atoms with Crippen molar-refractivity contribution in [1.29, 1.82) is 0 Å². The molecule has 0 bridgehead atoms. The second-order valence-corrected chi connectivity index (χ2v) is 2.62. The predicted octanol–water partition coefficient (Wildman–Crippen LogP) is 2.13. The zero-order valence-electron chi connectivity index (χ0n) is 7.43. The Bertz CT molecular complexity index is 305. The van der Waals surface area contributed by atoms with Crippen molar-refractivity contribution >= 4 is 0 Å². The normalized spacial score (nSPS) is 8.92. The van der Waals surface area contributed by atoms with E-state index < -0.39 is 0 Å². The maximum Gasteiger partial charge on any atom is 0.210 e. The first-order valence-electron chi connectivity index (χ1n) is 3.98. The molecule has 2 aromatic rings. The van der Waals surface area contributed by atoms with E-state index in [9.17, 15) is 0 Å². The Labute approximate surface area is 78.1 Å². The van der Waals surface area contributed by atoms with Gasteiger partial charge < -0.3 is 6.15 Å². The van der Waals surface area contributed by atoms with E-state index in [-0.39, 0.29) is 6.15 Å². The van der Waals surface area contributed by atoms with Gasteiger partial charge in [-0.15, -0.1) is 0 Å². The maximum absolute atomic E-state index is 2.08. The molecule has 0 saturated carbocycles. The SMILES string of the molecule is N.c1ccc(-[n+]2ccccc2)cc1. The molecule has 0 radical (unpaired) electrons. The molecule has 0 fully saturated rings. The summed E-state index contributed by atoms with van der Waals surface area (Å²) in [5.41, 5.74) is 1.19. The highest BCUT2D eigenvalue weighted by Gasteiger charge is 1.99. The Morgan fingerprint density at radius 2 is 1.23 bits per heavy atom. The lowest BCUT2D eigenvalue weighted by Gasteiger charge is -1.92. The van der Waals surface area contributed by atoms with Gasteiger partial charge in [-0.25, -0.2) is 0 Å². The molecule has 0 aliphatic heterocycles. The van der Waals surface area contributed by atoms with E-state index in [0.717, 1.165) is 0 Å². The number of hydrogen-bond acceptors (Lipinski definition) is 1. The summed E-state index contributed by atoms with van der Waals surface area (Å²) in [7, 11) is 0. The fourth-order valence-electron chi connectivity index (χ4n) is 1.17. The second-order valence-electron chi connectivity index (χ2n) is 2.62. The molecular weight excluding hydrogens is 160 g/mol. The van der Waals surface area contributed by atoms with Crippen molar-refractivity contribution in [3.63, 3.8) is 0 Å². The van der Waals surface area contributed by atoms with Crippen LogP contribution in [0.4, 0.5) is 0 Å². The van der Waals surface area contributed by atoms with Crippen molar-refractivity contribution in [2.45, 2.75) is 0 Å². The molecule has 1 aromatic carbocycles. The van der Waals surface area contributed by atoms with Crippen molar-refractivity contribution in [2.75, 3.05) is 0 Å². The van der Waals surface area contributed by atoms with E-state index in [1.54, 1.807) is 0 Å². The average Bonchev–Trinajstić information content (AvgIpc) is 2.21. The number of nitrogens with zero attached hydrogens (tertiary/aromatic N) is 1. The quantitative estimate of drug-likeness (QED) is 0.659. The largest absolute Gasteiger partial charge is 0.344 e. The first-order chi connectivity index (χ1) is 5.97. The van der Waals surface area contributed by atoms with Crippen LogP contribution in [0.25, 0.3) is 5.69 Å². The second kappa shape index (κ2) is 4.38. The summed E-state index contributed by atoms with van der Waals surface area (Å²) in [5.74, 6) is 0. The van der Waals surface area contributed by atoms with Crippen LogP contribution in [-0.2, 0) is 0 Å². The Balaban J connectivity index is 0.000000845. The molecule has 2 rings (SSSR count). The van der Waals surface area contributed by atoms with Crippen LogP contribution in [0, 0.1) is 0 Å². The van der Waals surface area contributed by atoms with Gasteiger partial charge in [0.25, 0.3) is 0 Å². The molecule has 2 heteroatoms. The van der Waals surface area contributed by atoms with Crippen LogP contribution in [0.2, 0.25) is 0 Å². The third-order valence-electron chi connectivity index (χ3n) is 1.77. The fourth-order valence-corrected chi connectivity index (χ4v) is 1.17.